The third kappa shape index (κ3) is 3.45. The van der Waals surface area contributed by atoms with E-state index in [1.165, 1.54) is 6.07 Å². The number of likely N-dealkylation sites (N-methyl/N-ethyl adjacent to an activating group) is 1. The summed E-state index contributed by atoms with van der Waals surface area (Å²) in [6.45, 7) is 3.63. The molecule has 0 saturated carbocycles. The van der Waals surface area contributed by atoms with Gasteiger partial charge in [0, 0.05) is 12.2 Å². The molecule has 0 bridgehead atoms. The molecule has 3 nitrogen and oxygen atoms in total. The monoisotopic (exact) mass is 267 g/mol. The van der Waals surface area contributed by atoms with Crippen LogP contribution in [0.5, 0.6) is 5.75 Å². The Morgan fingerprint density at radius 2 is 2.32 bits per heavy atom. The summed E-state index contributed by atoms with van der Waals surface area (Å²) < 4.78 is 24.7. The maximum absolute atomic E-state index is 13.5. The molecule has 2 atom stereocenters. The zero-order valence-electron chi connectivity index (χ0n) is 11.6. The number of methoxy groups -OCH3 is 1. The fraction of sp³-hybridized carbons (Fsp3) is 0.600. The Bertz CT molecular complexity index is 405. The third-order valence-electron chi connectivity index (χ3n) is 3.54. The van der Waals surface area contributed by atoms with E-state index in [0.29, 0.717) is 5.75 Å². The summed E-state index contributed by atoms with van der Waals surface area (Å²) in [5.41, 5.74) is 0.844. The largest absolute Gasteiger partial charge is 0.496 e. The Labute approximate surface area is 114 Å². The van der Waals surface area contributed by atoms with Gasteiger partial charge in [0.2, 0.25) is 0 Å². The van der Waals surface area contributed by atoms with E-state index >= 15 is 0 Å². The highest BCUT2D eigenvalue weighted by molar-refractivity contribution is 5.37. The first kappa shape index (κ1) is 14.3. The van der Waals surface area contributed by atoms with Gasteiger partial charge in [0.05, 0.1) is 19.3 Å². The standard InChI is InChI=1S/C15H22FNO2/c1-3-17-15(14-6-4-5-9-19-14)12-10-11(16)7-8-13(12)18-2/h7-8,10,14-15,17H,3-6,9H2,1-2H3. The average molecular weight is 267 g/mol. The van der Waals surface area contributed by atoms with Crippen molar-refractivity contribution >= 4 is 0 Å². The molecule has 106 valence electrons. The van der Waals surface area contributed by atoms with Gasteiger partial charge in [-0.1, -0.05) is 6.92 Å². The highest BCUT2D eigenvalue weighted by Crippen LogP contribution is 2.32. The smallest absolute Gasteiger partial charge is 0.123 e. The van der Waals surface area contributed by atoms with E-state index in [4.69, 9.17) is 9.47 Å². The molecule has 0 spiro atoms. The Balaban J connectivity index is 2.28. The lowest BCUT2D eigenvalue weighted by Crippen LogP contribution is -2.36. The molecule has 1 aromatic carbocycles. The lowest BCUT2D eigenvalue weighted by molar-refractivity contribution is -0.00835. The van der Waals surface area contributed by atoms with Crippen molar-refractivity contribution in [2.24, 2.45) is 0 Å². The summed E-state index contributed by atoms with van der Waals surface area (Å²) >= 11 is 0. The van der Waals surface area contributed by atoms with E-state index < -0.39 is 0 Å². The van der Waals surface area contributed by atoms with E-state index in [1.54, 1.807) is 19.2 Å². The summed E-state index contributed by atoms with van der Waals surface area (Å²) in [5, 5.41) is 3.40. The van der Waals surface area contributed by atoms with Gasteiger partial charge in [-0.3, -0.25) is 0 Å². The molecule has 0 aliphatic carbocycles. The van der Waals surface area contributed by atoms with Crippen LogP contribution in [0.3, 0.4) is 0 Å². The summed E-state index contributed by atoms with van der Waals surface area (Å²) in [7, 11) is 1.61. The Morgan fingerprint density at radius 1 is 1.47 bits per heavy atom. The van der Waals surface area contributed by atoms with E-state index in [0.717, 1.165) is 38.0 Å². The number of rotatable bonds is 5. The van der Waals surface area contributed by atoms with Gasteiger partial charge in [-0.15, -0.1) is 0 Å². The predicted molar refractivity (Wildman–Crippen MR) is 73.0 cm³/mol. The van der Waals surface area contributed by atoms with Crippen LogP contribution in [-0.2, 0) is 4.74 Å². The highest BCUT2D eigenvalue weighted by Gasteiger charge is 2.27. The molecular weight excluding hydrogens is 245 g/mol. The van der Waals surface area contributed by atoms with Crippen LogP contribution in [0.1, 0.15) is 37.8 Å². The Kier molecular flexibility index (Phi) is 5.16. The van der Waals surface area contributed by atoms with Crippen molar-refractivity contribution in [3.8, 4) is 5.75 Å². The average Bonchev–Trinajstić information content (AvgIpc) is 2.45. The quantitative estimate of drug-likeness (QED) is 0.889. The van der Waals surface area contributed by atoms with Gasteiger partial charge in [-0.2, -0.15) is 0 Å². The number of hydrogen-bond acceptors (Lipinski definition) is 3. The number of benzene rings is 1. The van der Waals surface area contributed by atoms with Gasteiger partial charge >= 0.3 is 0 Å². The van der Waals surface area contributed by atoms with Crippen molar-refractivity contribution in [1.82, 2.24) is 5.32 Å². The Morgan fingerprint density at radius 3 is 2.95 bits per heavy atom. The molecule has 19 heavy (non-hydrogen) atoms. The number of nitrogens with one attached hydrogen (secondary N) is 1. The van der Waals surface area contributed by atoms with Gasteiger partial charge in [0.15, 0.2) is 0 Å². The van der Waals surface area contributed by atoms with Crippen LogP contribution in [0.2, 0.25) is 0 Å². The summed E-state index contributed by atoms with van der Waals surface area (Å²) in [4.78, 5) is 0. The topological polar surface area (TPSA) is 30.5 Å². The molecule has 0 radical (unpaired) electrons. The first-order valence-corrected chi connectivity index (χ1v) is 6.94. The second kappa shape index (κ2) is 6.87. The highest BCUT2D eigenvalue weighted by atomic mass is 19.1. The summed E-state index contributed by atoms with van der Waals surface area (Å²) in [6.07, 6.45) is 3.35. The van der Waals surface area contributed by atoms with Crippen molar-refractivity contribution < 1.29 is 13.9 Å². The number of halogens is 1. The Hall–Kier alpha value is -1.13. The molecule has 0 amide bonds. The predicted octanol–water partition coefficient (Wildman–Crippen LogP) is 3.05. The number of ether oxygens (including phenoxy) is 2. The van der Waals surface area contributed by atoms with E-state index in [-0.39, 0.29) is 18.0 Å². The minimum atomic E-state index is -0.241. The molecule has 1 N–H and O–H groups in total. The third-order valence-corrected chi connectivity index (χ3v) is 3.54. The lowest BCUT2D eigenvalue weighted by Gasteiger charge is -2.32. The van der Waals surface area contributed by atoms with E-state index in [9.17, 15) is 4.39 Å². The van der Waals surface area contributed by atoms with Gasteiger partial charge in [0.1, 0.15) is 11.6 Å². The molecule has 1 heterocycles. The van der Waals surface area contributed by atoms with Crippen molar-refractivity contribution in [3.05, 3.63) is 29.6 Å². The molecule has 1 fully saturated rings. The minimum Gasteiger partial charge on any atom is -0.496 e. The molecule has 1 saturated heterocycles. The van der Waals surface area contributed by atoms with Gasteiger partial charge in [-0.05, 0) is 44.0 Å². The molecule has 1 aliphatic rings. The second-order valence-electron chi connectivity index (χ2n) is 4.83. The molecule has 4 heteroatoms. The second-order valence-corrected chi connectivity index (χ2v) is 4.83. The van der Waals surface area contributed by atoms with Gasteiger partial charge in [0.25, 0.3) is 0 Å². The van der Waals surface area contributed by atoms with Crippen LogP contribution < -0.4 is 10.1 Å². The summed E-state index contributed by atoms with van der Waals surface area (Å²) in [6, 6.07) is 4.63. The SMILES string of the molecule is CCNC(c1cc(F)ccc1OC)C1CCCCO1. The number of hydrogen-bond donors (Lipinski definition) is 1. The van der Waals surface area contributed by atoms with Crippen LogP contribution in [0, 0.1) is 5.82 Å². The molecule has 1 aromatic rings. The van der Waals surface area contributed by atoms with Crippen molar-refractivity contribution in [1.29, 1.82) is 0 Å². The lowest BCUT2D eigenvalue weighted by atomic mass is 9.95. The van der Waals surface area contributed by atoms with Crippen LogP contribution >= 0.6 is 0 Å². The molecule has 0 aromatic heterocycles. The maximum Gasteiger partial charge on any atom is 0.123 e. The van der Waals surface area contributed by atoms with Crippen molar-refractivity contribution in [3.63, 3.8) is 0 Å². The first-order valence-electron chi connectivity index (χ1n) is 6.94. The van der Waals surface area contributed by atoms with Crippen LogP contribution in [0.15, 0.2) is 18.2 Å². The fourth-order valence-electron chi connectivity index (χ4n) is 2.64. The molecule has 2 rings (SSSR count). The van der Waals surface area contributed by atoms with Crippen molar-refractivity contribution in [2.75, 3.05) is 20.3 Å². The zero-order valence-corrected chi connectivity index (χ0v) is 11.6. The minimum absolute atomic E-state index is 0.0176. The van der Waals surface area contributed by atoms with Gasteiger partial charge in [-0.25, -0.2) is 4.39 Å². The van der Waals surface area contributed by atoms with Gasteiger partial charge < -0.3 is 14.8 Å². The van der Waals surface area contributed by atoms with Crippen LogP contribution in [0.4, 0.5) is 4.39 Å². The first-order chi connectivity index (χ1) is 9.26. The normalized spacial score (nSPS) is 21.1. The van der Waals surface area contributed by atoms with Crippen LogP contribution in [0.25, 0.3) is 0 Å². The molecular formula is C15H22FNO2. The fourth-order valence-corrected chi connectivity index (χ4v) is 2.64. The van der Waals surface area contributed by atoms with E-state index in [2.05, 4.69) is 5.32 Å². The van der Waals surface area contributed by atoms with Crippen molar-refractivity contribution in [2.45, 2.75) is 38.3 Å². The molecule has 1 aliphatic heterocycles. The zero-order chi connectivity index (χ0) is 13.7. The maximum atomic E-state index is 13.5. The van der Waals surface area contributed by atoms with E-state index in [1.807, 2.05) is 6.92 Å². The summed E-state index contributed by atoms with van der Waals surface area (Å²) in [5.74, 6) is 0.469. The van der Waals surface area contributed by atoms with Crippen LogP contribution in [-0.4, -0.2) is 26.4 Å². The molecule has 2 unspecified atom stereocenters.